The van der Waals surface area contributed by atoms with Gasteiger partial charge in [0.15, 0.2) is 0 Å². The Morgan fingerprint density at radius 2 is 1.94 bits per heavy atom. The molecular weight excluding hydrogens is 354 g/mol. The summed E-state index contributed by atoms with van der Waals surface area (Å²) in [5, 5.41) is 0. The summed E-state index contributed by atoms with van der Waals surface area (Å²) in [7, 11) is 0. The Bertz CT molecular complexity index is 423. The van der Waals surface area contributed by atoms with Crippen molar-refractivity contribution >= 4 is 35.0 Å². The summed E-state index contributed by atoms with van der Waals surface area (Å²) in [6.07, 6.45) is 5.35. The van der Waals surface area contributed by atoms with Crippen LogP contribution in [0.1, 0.15) is 11.1 Å². The van der Waals surface area contributed by atoms with Gasteiger partial charge in [-0.2, -0.15) is 0 Å². The molecule has 1 aromatic carbocycles. The van der Waals surface area contributed by atoms with Crippen molar-refractivity contribution in [2.24, 2.45) is 0 Å². The quantitative estimate of drug-likeness (QED) is 0.390. The van der Waals surface area contributed by atoms with Gasteiger partial charge in [0.05, 0.1) is 0 Å². The zero-order chi connectivity index (χ0) is 11.6. The Kier molecular flexibility index (Phi) is 7.23. The molecule has 0 aliphatic carbocycles. The first-order chi connectivity index (χ1) is 6.86. The fourth-order valence-electron chi connectivity index (χ4n) is 1.39. The van der Waals surface area contributed by atoms with Crippen LogP contribution in [0.5, 0.6) is 0 Å². The van der Waals surface area contributed by atoms with E-state index in [2.05, 4.69) is 5.92 Å². The molecule has 0 N–H and O–H groups in total. The van der Waals surface area contributed by atoms with Gasteiger partial charge in [-0.25, -0.2) is 0 Å². The Morgan fingerprint density at radius 3 is 2.38 bits per heavy atom. The van der Waals surface area contributed by atoms with Gasteiger partial charge in [0.2, 0.25) is 0 Å². The zero-order valence-corrected chi connectivity index (χ0v) is 14.3. The Balaban J connectivity index is 0.00000225. The van der Waals surface area contributed by atoms with Crippen molar-refractivity contribution in [1.82, 2.24) is 0 Å². The molecule has 6 heteroatoms. The molecule has 0 atom stereocenters. The minimum Gasteiger partial charge on any atom is -0.445 e. The SMILES string of the molecule is C#CCc1cc(I)cc([B-](F)(F)F)c1C.[K+]. The van der Waals surface area contributed by atoms with Crippen LogP contribution in [0.15, 0.2) is 12.1 Å². The van der Waals surface area contributed by atoms with E-state index in [1.165, 1.54) is 6.92 Å². The second-order valence-corrected chi connectivity index (χ2v) is 4.48. The molecule has 16 heavy (non-hydrogen) atoms. The van der Waals surface area contributed by atoms with Crippen LogP contribution in [0, 0.1) is 22.8 Å². The van der Waals surface area contributed by atoms with Crippen molar-refractivity contribution in [1.29, 1.82) is 0 Å². The molecule has 0 heterocycles. The summed E-state index contributed by atoms with van der Waals surface area (Å²) in [6, 6.07) is 2.86. The van der Waals surface area contributed by atoms with Crippen LogP contribution in [0.25, 0.3) is 0 Å². The first-order valence-electron chi connectivity index (χ1n) is 4.28. The minimum atomic E-state index is -4.96. The van der Waals surface area contributed by atoms with E-state index < -0.39 is 12.4 Å². The second kappa shape index (κ2) is 6.81. The topological polar surface area (TPSA) is 0 Å². The molecule has 0 aliphatic rings. The van der Waals surface area contributed by atoms with E-state index in [9.17, 15) is 12.9 Å². The molecule has 0 bridgehead atoms. The van der Waals surface area contributed by atoms with E-state index in [0.717, 1.165) is 6.07 Å². The van der Waals surface area contributed by atoms with Gasteiger partial charge in [0.1, 0.15) is 0 Å². The van der Waals surface area contributed by atoms with Crippen molar-refractivity contribution in [2.45, 2.75) is 13.3 Å². The Labute approximate surface area is 149 Å². The fourth-order valence-corrected chi connectivity index (χ4v) is 2.10. The van der Waals surface area contributed by atoms with Crippen molar-refractivity contribution in [3.05, 3.63) is 26.8 Å². The molecule has 1 aromatic rings. The van der Waals surface area contributed by atoms with E-state index in [1.54, 1.807) is 6.07 Å². The summed E-state index contributed by atoms with van der Waals surface area (Å²) in [6.45, 7) is -3.49. The average molecular weight is 362 g/mol. The maximum Gasteiger partial charge on any atom is 1.00 e. The molecule has 0 saturated carbocycles. The summed E-state index contributed by atoms with van der Waals surface area (Å²) in [5.74, 6) is 2.37. The van der Waals surface area contributed by atoms with E-state index in [1.807, 2.05) is 22.6 Å². The first kappa shape index (κ1) is 17.0. The van der Waals surface area contributed by atoms with E-state index in [0.29, 0.717) is 9.13 Å². The number of benzene rings is 1. The normalized spacial score (nSPS) is 10.5. The standard InChI is InChI=1S/C10H8BF3I.K/c1-3-4-8-5-9(15)6-10(7(8)2)11(12,13)14;/h1,5-6H,4H2,2H3;/q-1;+1. The third-order valence-corrected chi connectivity index (χ3v) is 2.79. The molecule has 0 unspecified atom stereocenters. The maximum absolute atomic E-state index is 12.7. The van der Waals surface area contributed by atoms with Crippen molar-refractivity contribution in [3.8, 4) is 12.3 Å². The zero-order valence-electron chi connectivity index (χ0n) is 9.03. The van der Waals surface area contributed by atoms with Crippen LogP contribution in [-0.2, 0) is 6.42 Å². The minimum absolute atomic E-state index is 0. The molecule has 0 aliphatic heterocycles. The van der Waals surface area contributed by atoms with Gasteiger partial charge in [-0.1, -0.05) is 11.6 Å². The molecule has 80 valence electrons. The predicted octanol–water partition coefficient (Wildman–Crippen LogP) is -0.166. The van der Waals surface area contributed by atoms with E-state index in [4.69, 9.17) is 6.42 Å². The predicted molar refractivity (Wildman–Crippen MR) is 65.1 cm³/mol. The van der Waals surface area contributed by atoms with Crippen molar-refractivity contribution < 1.29 is 64.3 Å². The third-order valence-electron chi connectivity index (χ3n) is 2.17. The molecule has 0 radical (unpaired) electrons. The van der Waals surface area contributed by atoms with Gasteiger partial charge in [-0.05, 0) is 41.1 Å². The van der Waals surface area contributed by atoms with Crippen LogP contribution < -0.4 is 56.8 Å². The number of halogens is 4. The number of hydrogen-bond donors (Lipinski definition) is 0. The molecule has 0 saturated heterocycles. The van der Waals surface area contributed by atoms with Gasteiger partial charge >= 0.3 is 58.4 Å². The molecule has 0 nitrogen and oxygen atoms in total. The molecule has 1 rings (SSSR count). The third kappa shape index (κ3) is 4.35. The Morgan fingerprint density at radius 1 is 1.38 bits per heavy atom. The monoisotopic (exact) mass is 362 g/mol. The second-order valence-electron chi connectivity index (χ2n) is 3.23. The van der Waals surface area contributed by atoms with E-state index >= 15 is 0 Å². The van der Waals surface area contributed by atoms with Gasteiger partial charge in [-0.15, -0.1) is 17.8 Å². The van der Waals surface area contributed by atoms with Gasteiger partial charge in [0.25, 0.3) is 0 Å². The maximum atomic E-state index is 12.7. The molecule has 0 aromatic heterocycles. The number of terminal acetylenes is 1. The van der Waals surface area contributed by atoms with Crippen molar-refractivity contribution in [3.63, 3.8) is 0 Å². The van der Waals surface area contributed by atoms with Crippen LogP contribution in [0.2, 0.25) is 0 Å². The summed E-state index contributed by atoms with van der Waals surface area (Å²) in [5.41, 5.74) is 0.298. The molecular formula is C10H8BF3IK. The van der Waals surface area contributed by atoms with Gasteiger partial charge in [0, 0.05) is 9.99 Å². The summed E-state index contributed by atoms with van der Waals surface area (Å²) < 4.78 is 38.5. The van der Waals surface area contributed by atoms with E-state index in [-0.39, 0.29) is 63.4 Å². The van der Waals surface area contributed by atoms with Crippen LogP contribution in [0.4, 0.5) is 12.9 Å². The average Bonchev–Trinajstić information content (AvgIpc) is 2.09. The smallest absolute Gasteiger partial charge is 0.445 e. The summed E-state index contributed by atoms with van der Waals surface area (Å²) in [4.78, 5) is 0. The van der Waals surface area contributed by atoms with Crippen LogP contribution in [0.3, 0.4) is 0 Å². The largest absolute Gasteiger partial charge is 1.00 e. The van der Waals surface area contributed by atoms with Crippen molar-refractivity contribution in [2.75, 3.05) is 0 Å². The molecule has 0 amide bonds. The van der Waals surface area contributed by atoms with Crippen LogP contribution in [-0.4, -0.2) is 6.98 Å². The number of hydrogen-bond acceptors (Lipinski definition) is 0. The summed E-state index contributed by atoms with van der Waals surface area (Å²) >= 11 is 1.87. The fraction of sp³-hybridized carbons (Fsp3) is 0.200. The Hall–Kier alpha value is 1.00. The molecule has 0 fully saturated rings. The van der Waals surface area contributed by atoms with Gasteiger partial charge < -0.3 is 12.9 Å². The van der Waals surface area contributed by atoms with Crippen LogP contribution >= 0.6 is 22.6 Å². The molecule has 0 spiro atoms. The first-order valence-corrected chi connectivity index (χ1v) is 5.36. The number of rotatable bonds is 2. The van der Waals surface area contributed by atoms with Gasteiger partial charge in [-0.3, -0.25) is 0 Å².